The highest BCUT2D eigenvalue weighted by Gasteiger charge is 2.24. The van der Waals surface area contributed by atoms with Crippen LogP contribution in [0.4, 0.5) is 0 Å². The zero-order valence-electron chi connectivity index (χ0n) is 12.9. The third-order valence-corrected chi connectivity index (χ3v) is 3.52. The van der Waals surface area contributed by atoms with Crippen molar-refractivity contribution in [3.63, 3.8) is 0 Å². The SMILES string of the molecule is CC(=O)N[C@@H](Cc1c[nH]c2ccccc12)C(=O)N[C@@H](C)C(=O)O. The quantitative estimate of drug-likeness (QED) is 0.631. The lowest BCUT2D eigenvalue weighted by atomic mass is 10.0. The van der Waals surface area contributed by atoms with Crippen LogP contribution in [0.25, 0.3) is 10.9 Å². The van der Waals surface area contributed by atoms with Gasteiger partial charge in [-0.15, -0.1) is 0 Å². The summed E-state index contributed by atoms with van der Waals surface area (Å²) in [7, 11) is 0. The molecule has 0 aliphatic heterocycles. The number of carboxylic acids is 1. The maximum absolute atomic E-state index is 12.3. The summed E-state index contributed by atoms with van der Waals surface area (Å²) in [6.45, 7) is 2.69. The van der Waals surface area contributed by atoms with E-state index in [0.29, 0.717) is 0 Å². The minimum Gasteiger partial charge on any atom is -0.480 e. The average molecular weight is 317 g/mol. The number of rotatable bonds is 6. The van der Waals surface area contributed by atoms with E-state index in [0.717, 1.165) is 16.5 Å². The predicted molar refractivity (Wildman–Crippen MR) is 84.8 cm³/mol. The van der Waals surface area contributed by atoms with Gasteiger partial charge in [0.2, 0.25) is 11.8 Å². The number of aromatic nitrogens is 1. The minimum absolute atomic E-state index is 0.266. The minimum atomic E-state index is -1.13. The molecule has 0 fully saturated rings. The maximum Gasteiger partial charge on any atom is 0.325 e. The van der Waals surface area contributed by atoms with Crippen molar-refractivity contribution in [2.75, 3.05) is 0 Å². The van der Waals surface area contributed by atoms with Crippen LogP contribution in [0.5, 0.6) is 0 Å². The Labute approximate surface area is 133 Å². The third-order valence-electron chi connectivity index (χ3n) is 3.52. The standard InChI is InChI=1S/C16H19N3O4/c1-9(16(22)23)18-15(21)14(19-10(2)20)7-11-8-17-13-6-4-3-5-12(11)13/h3-6,8-9,14,17H,7H2,1-2H3,(H,18,21)(H,19,20)(H,22,23)/t9-,14-/m0/s1. The van der Waals surface area contributed by atoms with Crippen LogP contribution in [0.15, 0.2) is 30.5 Å². The normalized spacial score (nSPS) is 13.3. The Hall–Kier alpha value is -2.83. The summed E-state index contributed by atoms with van der Waals surface area (Å²) in [5.41, 5.74) is 1.81. The fraction of sp³-hybridized carbons (Fsp3) is 0.312. The van der Waals surface area contributed by atoms with Gasteiger partial charge in [0.1, 0.15) is 12.1 Å². The van der Waals surface area contributed by atoms with Gasteiger partial charge in [-0.2, -0.15) is 0 Å². The van der Waals surface area contributed by atoms with Crippen LogP contribution in [0.1, 0.15) is 19.4 Å². The van der Waals surface area contributed by atoms with Gasteiger partial charge in [-0.25, -0.2) is 0 Å². The van der Waals surface area contributed by atoms with Crippen LogP contribution in [0.2, 0.25) is 0 Å². The molecule has 1 aromatic heterocycles. The molecule has 1 heterocycles. The van der Waals surface area contributed by atoms with Gasteiger partial charge in [-0.3, -0.25) is 14.4 Å². The zero-order valence-corrected chi connectivity index (χ0v) is 12.9. The fourth-order valence-electron chi connectivity index (χ4n) is 2.35. The lowest BCUT2D eigenvalue weighted by Crippen LogP contribution is -2.51. The van der Waals surface area contributed by atoms with Gasteiger partial charge in [-0.05, 0) is 18.6 Å². The molecule has 2 aromatic rings. The van der Waals surface area contributed by atoms with E-state index < -0.39 is 24.0 Å². The molecule has 2 atom stereocenters. The predicted octanol–water partition coefficient (Wildman–Crippen LogP) is 0.804. The molecule has 2 rings (SSSR count). The van der Waals surface area contributed by atoms with Crippen molar-refractivity contribution in [2.45, 2.75) is 32.4 Å². The van der Waals surface area contributed by atoms with Crippen LogP contribution in [0, 0.1) is 0 Å². The number of amides is 2. The molecule has 4 N–H and O–H groups in total. The largest absolute Gasteiger partial charge is 0.480 e. The number of hydrogen-bond acceptors (Lipinski definition) is 3. The summed E-state index contributed by atoms with van der Waals surface area (Å²) in [6.07, 6.45) is 2.05. The molecule has 0 bridgehead atoms. The van der Waals surface area contributed by atoms with Crippen molar-refractivity contribution in [2.24, 2.45) is 0 Å². The topological polar surface area (TPSA) is 111 Å². The summed E-state index contributed by atoms with van der Waals surface area (Å²) >= 11 is 0. The van der Waals surface area contributed by atoms with E-state index in [-0.39, 0.29) is 12.3 Å². The summed E-state index contributed by atoms with van der Waals surface area (Å²) in [6, 6.07) is 5.76. The first-order chi connectivity index (χ1) is 10.9. The highest BCUT2D eigenvalue weighted by Crippen LogP contribution is 2.19. The van der Waals surface area contributed by atoms with Gasteiger partial charge in [0.05, 0.1) is 0 Å². The number of aromatic amines is 1. The van der Waals surface area contributed by atoms with Gasteiger partial charge >= 0.3 is 5.97 Å². The molecule has 0 saturated heterocycles. The van der Waals surface area contributed by atoms with E-state index in [1.807, 2.05) is 24.3 Å². The molecule has 0 radical (unpaired) electrons. The number of fused-ring (bicyclic) bond motifs is 1. The number of H-pyrrole nitrogens is 1. The highest BCUT2D eigenvalue weighted by atomic mass is 16.4. The maximum atomic E-state index is 12.3. The van der Waals surface area contributed by atoms with Crippen LogP contribution in [-0.2, 0) is 20.8 Å². The summed E-state index contributed by atoms with van der Waals surface area (Å²) in [5.74, 6) is -2.01. The number of benzene rings is 1. The van der Waals surface area contributed by atoms with E-state index in [1.54, 1.807) is 6.20 Å². The molecule has 122 valence electrons. The molecule has 0 spiro atoms. The smallest absolute Gasteiger partial charge is 0.325 e. The lowest BCUT2D eigenvalue weighted by molar-refractivity contribution is -0.141. The second kappa shape index (κ2) is 6.95. The average Bonchev–Trinajstić information content (AvgIpc) is 2.89. The zero-order chi connectivity index (χ0) is 17.0. The Bertz CT molecular complexity index is 738. The van der Waals surface area contributed by atoms with Crippen molar-refractivity contribution in [1.82, 2.24) is 15.6 Å². The molecule has 7 heteroatoms. The number of hydrogen-bond donors (Lipinski definition) is 4. The first-order valence-corrected chi connectivity index (χ1v) is 7.23. The molecule has 0 saturated carbocycles. The Kier molecular flexibility index (Phi) is 5.00. The molecule has 23 heavy (non-hydrogen) atoms. The van der Waals surface area contributed by atoms with Gasteiger partial charge in [-0.1, -0.05) is 18.2 Å². The molecule has 2 amide bonds. The second-order valence-corrected chi connectivity index (χ2v) is 5.39. The molecule has 0 aliphatic rings. The Balaban J connectivity index is 2.19. The number of carbonyl (C=O) groups is 3. The van der Waals surface area contributed by atoms with E-state index >= 15 is 0 Å². The molecule has 0 aliphatic carbocycles. The number of para-hydroxylation sites is 1. The van der Waals surface area contributed by atoms with Crippen molar-refractivity contribution in [1.29, 1.82) is 0 Å². The van der Waals surface area contributed by atoms with Crippen LogP contribution < -0.4 is 10.6 Å². The Morgan fingerprint density at radius 1 is 1.22 bits per heavy atom. The van der Waals surface area contributed by atoms with Crippen molar-refractivity contribution >= 4 is 28.7 Å². The summed E-state index contributed by atoms with van der Waals surface area (Å²) in [4.78, 5) is 37.6. The molecule has 0 unspecified atom stereocenters. The third kappa shape index (κ3) is 4.09. The van der Waals surface area contributed by atoms with Gasteiger partial charge in [0.15, 0.2) is 0 Å². The van der Waals surface area contributed by atoms with E-state index in [4.69, 9.17) is 5.11 Å². The van der Waals surface area contributed by atoms with Gasteiger partial charge in [0, 0.05) is 30.4 Å². The monoisotopic (exact) mass is 317 g/mol. The first-order valence-electron chi connectivity index (χ1n) is 7.23. The molecular weight excluding hydrogens is 298 g/mol. The second-order valence-electron chi connectivity index (χ2n) is 5.39. The summed E-state index contributed by atoms with van der Waals surface area (Å²) in [5, 5.41) is 14.8. The van der Waals surface area contributed by atoms with Crippen molar-refractivity contribution in [3.05, 3.63) is 36.0 Å². The van der Waals surface area contributed by atoms with E-state index in [2.05, 4.69) is 15.6 Å². The van der Waals surface area contributed by atoms with Crippen molar-refractivity contribution in [3.8, 4) is 0 Å². The number of nitrogens with one attached hydrogen (secondary N) is 3. The highest BCUT2D eigenvalue weighted by molar-refractivity contribution is 5.91. The lowest BCUT2D eigenvalue weighted by Gasteiger charge is -2.19. The Morgan fingerprint density at radius 3 is 2.57 bits per heavy atom. The van der Waals surface area contributed by atoms with E-state index in [1.165, 1.54) is 13.8 Å². The van der Waals surface area contributed by atoms with Crippen LogP contribution in [-0.4, -0.2) is 40.0 Å². The Morgan fingerprint density at radius 2 is 1.91 bits per heavy atom. The molecule has 1 aromatic carbocycles. The number of aliphatic carboxylic acids is 1. The van der Waals surface area contributed by atoms with Crippen LogP contribution in [0.3, 0.4) is 0 Å². The molecule has 7 nitrogen and oxygen atoms in total. The fourth-order valence-corrected chi connectivity index (χ4v) is 2.35. The van der Waals surface area contributed by atoms with Gasteiger partial charge < -0.3 is 20.7 Å². The number of carbonyl (C=O) groups excluding carboxylic acids is 2. The van der Waals surface area contributed by atoms with Gasteiger partial charge in [0.25, 0.3) is 0 Å². The first kappa shape index (κ1) is 16.5. The van der Waals surface area contributed by atoms with Crippen molar-refractivity contribution < 1.29 is 19.5 Å². The molecular formula is C16H19N3O4. The van der Waals surface area contributed by atoms with E-state index in [9.17, 15) is 14.4 Å². The summed E-state index contributed by atoms with van der Waals surface area (Å²) < 4.78 is 0. The van der Waals surface area contributed by atoms with Crippen LogP contribution >= 0.6 is 0 Å². The number of carboxylic acid groups (broad SMARTS) is 1.